The van der Waals surface area contributed by atoms with Gasteiger partial charge < -0.3 is 24.4 Å². The van der Waals surface area contributed by atoms with Crippen molar-refractivity contribution >= 4 is 21.4 Å². The van der Waals surface area contributed by atoms with Crippen LogP contribution < -0.4 is 19.7 Å². The standard InChI is InChI=1S/C32H32F5N3O6S/c1-3-47(42,43)26-11-4-20(5-12-26)27(14-15-38)39-30(41)21-6-13-28(29(16-21)44-2)40-18-25(17-23(40)19-45-31(33)34)46-24-9-7-22(8-10-24)32(35,36)37/h4-13,16,23,25,27,31H,3,14,17-19H2,1-2H3,(H,39,41)/t23-,25+,27-/m0/s1. The molecule has 1 amide bonds. The maximum absolute atomic E-state index is 13.3. The van der Waals surface area contributed by atoms with E-state index in [-0.39, 0.29) is 53.7 Å². The summed E-state index contributed by atoms with van der Waals surface area (Å²) in [5.74, 6) is -0.234. The third-order valence-electron chi connectivity index (χ3n) is 7.65. The van der Waals surface area contributed by atoms with Crippen molar-refractivity contribution in [2.24, 2.45) is 0 Å². The lowest BCUT2D eigenvalue weighted by molar-refractivity contribution is -0.137. The van der Waals surface area contributed by atoms with Gasteiger partial charge in [-0.05, 0) is 60.2 Å². The molecule has 1 saturated heterocycles. The number of nitrogens with zero attached hydrogens (tertiary/aromatic N) is 2. The van der Waals surface area contributed by atoms with E-state index >= 15 is 0 Å². The number of carbonyl (C=O) groups is 1. The second-order valence-electron chi connectivity index (χ2n) is 10.6. The second kappa shape index (κ2) is 15.0. The molecule has 0 aromatic heterocycles. The van der Waals surface area contributed by atoms with Gasteiger partial charge in [-0.3, -0.25) is 4.79 Å². The molecule has 3 aromatic rings. The van der Waals surface area contributed by atoms with Crippen LogP contribution in [0.5, 0.6) is 11.5 Å². The molecule has 1 N–H and O–H groups in total. The number of rotatable bonds is 13. The lowest BCUT2D eigenvalue weighted by Gasteiger charge is -2.28. The predicted molar refractivity (Wildman–Crippen MR) is 161 cm³/mol. The summed E-state index contributed by atoms with van der Waals surface area (Å²) in [5, 5.41) is 12.1. The highest BCUT2D eigenvalue weighted by atomic mass is 32.2. The molecule has 0 aliphatic carbocycles. The maximum Gasteiger partial charge on any atom is 0.416 e. The van der Waals surface area contributed by atoms with Gasteiger partial charge >= 0.3 is 12.8 Å². The summed E-state index contributed by atoms with van der Waals surface area (Å²) in [5.41, 5.74) is 0.286. The number of sulfone groups is 1. The van der Waals surface area contributed by atoms with Gasteiger partial charge in [0.05, 0.1) is 66.7 Å². The fourth-order valence-electron chi connectivity index (χ4n) is 5.23. The minimum absolute atomic E-state index is 0.0766. The van der Waals surface area contributed by atoms with E-state index in [1.165, 1.54) is 62.6 Å². The zero-order chi connectivity index (χ0) is 34.4. The van der Waals surface area contributed by atoms with Crippen LogP contribution in [0.4, 0.5) is 27.6 Å². The molecule has 252 valence electrons. The number of amides is 1. The lowest BCUT2D eigenvalue weighted by Crippen LogP contribution is -2.34. The first-order valence-corrected chi connectivity index (χ1v) is 16.1. The summed E-state index contributed by atoms with van der Waals surface area (Å²) in [6.45, 7) is -1.75. The number of hydrogen-bond donors (Lipinski definition) is 1. The van der Waals surface area contributed by atoms with Crippen LogP contribution in [0.1, 0.15) is 47.3 Å². The van der Waals surface area contributed by atoms with E-state index in [0.717, 1.165) is 12.1 Å². The summed E-state index contributed by atoms with van der Waals surface area (Å²) in [7, 11) is -2.07. The first kappa shape index (κ1) is 35.4. The summed E-state index contributed by atoms with van der Waals surface area (Å²) < 4.78 is 105. The highest BCUT2D eigenvalue weighted by Crippen LogP contribution is 2.37. The molecule has 1 aliphatic rings. The molecule has 47 heavy (non-hydrogen) atoms. The number of methoxy groups -OCH3 is 1. The van der Waals surface area contributed by atoms with Gasteiger partial charge in [-0.15, -0.1) is 0 Å². The zero-order valence-corrected chi connectivity index (χ0v) is 26.2. The molecule has 0 unspecified atom stereocenters. The number of nitrogens with one attached hydrogen (secondary N) is 1. The minimum atomic E-state index is -4.51. The Morgan fingerprint density at radius 2 is 1.77 bits per heavy atom. The Morgan fingerprint density at radius 1 is 1.09 bits per heavy atom. The van der Waals surface area contributed by atoms with Crippen LogP contribution in [-0.2, 0) is 20.8 Å². The quantitative estimate of drug-likeness (QED) is 0.213. The molecule has 1 aliphatic heterocycles. The number of ether oxygens (including phenoxy) is 3. The largest absolute Gasteiger partial charge is 0.495 e. The molecule has 0 bridgehead atoms. The van der Waals surface area contributed by atoms with Crippen LogP contribution in [0.15, 0.2) is 71.6 Å². The van der Waals surface area contributed by atoms with Crippen LogP contribution in [0.25, 0.3) is 0 Å². The Kier molecular flexibility index (Phi) is 11.3. The first-order valence-electron chi connectivity index (χ1n) is 14.4. The van der Waals surface area contributed by atoms with Crippen LogP contribution in [0.2, 0.25) is 0 Å². The van der Waals surface area contributed by atoms with Crippen molar-refractivity contribution in [1.29, 1.82) is 5.26 Å². The highest BCUT2D eigenvalue weighted by molar-refractivity contribution is 7.91. The number of anilines is 1. The Labute approximate surface area is 268 Å². The molecule has 9 nitrogen and oxygen atoms in total. The van der Waals surface area contributed by atoms with Crippen LogP contribution in [0.3, 0.4) is 0 Å². The molecule has 15 heteroatoms. The van der Waals surface area contributed by atoms with Crippen molar-refractivity contribution in [2.45, 2.75) is 55.6 Å². The van der Waals surface area contributed by atoms with E-state index in [1.54, 1.807) is 11.0 Å². The van der Waals surface area contributed by atoms with Crippen molar-refractivity contribution in [3.8, 4) is 17.6 Å². The average Bonchev–Trinajstić information content (AvgIpc) is 3.45. The molecular formula is C32H32F5N3O6S. The second-order valence-corrected chi connectivity index (χ2v) is 12.9. The van der Waals surface area contributed by atoms with Gasteiger partial charge in [-0.1, -0.05) is 19.1 Å². The van der Waals surface area contributed by atoms with Crippen LogP contribution in [0, 0.1) is 11.3 Å². The van der Waals surface area contributed by atoms with Crippen LogP contribution in [-0.4, -0.2) is 59.1 Å². The first-order chi connectivity index (χ1) is 22.2. The highest BCUT2D eigenvalue weighted by Gasteiger charge is 2.36. The summed E-state index contributed by atoms with van der Waals surface area (Å²) in [4.78, 5) is 15.1. The van der Waals surface area contributed by atoms with Gasteiger partial charge in [-0.25, -0.2) is 8.42 Å². The lowest BCUT2D eigenvalue weighted by atomic mass is 10.0. The van der Waals surface area contributed by atoms with Gasteiger partial charge in [0.25, 0.3) is 5.91 Å². The van der Waals surface area contributed by atoms with Crippen molar-refractivity contribution in [1.82, 2.24) is 5.32 Å². The zero-order valence-electron chi connectivity index (χ0n) is 25.3. The monoisotopic (exact) mass is 681 g/mol. The Hall–Kier alpha value is -4.42. The number of benzene rings is 3. The average molecular weight is 682 g/mol. The van der Waals surface area contributed by atoms with Crippen molar-refractivity contribution < 1.29 is 49.4 Å². The molecule has 3 aromatic carbocycles. The summed E-state index contributed by atoms with van der Waals surface area (Å²) >= 11 is 0. The number of nitriles is 1. The number of carbonyl (C=O) groups excluding carboxylic acids is 1. The Balaban J connectivity index is 1.53. The van der Waals surface area contributed by atoms with E-state index in [1.807, 2.05) is 6.07 Å². The smallest absolute Gasteiger partial charge is 0.416 e. The number of alkyl halides is 5. The van der Waals surface area contributed by atoms with E-state index in [0.29, 0.717) is 11.3 Å². The Bertz CT molecular complexity index is 1680. The fourth-order valence-corrected chi connectivity index (χ4v) is 6.11. The summed E-state index contributed by atoms with van der Waals surface area (Å²) in [6.07, 6.45) is -5.01. The molecule has 3 atom stereocenters. The van der Waals surface area contributed by atoms with Gasteiger partial charge in [0.15, 0.2) is 9.84 Å². The molecular weight excluding hydrogens is 649 g/mol. The fraction of sp³-hybridized carbons (Fsp3) is 0.375. The van der Waals surface area contributed by atoms with Gasteiger partial charge in [0.2, 0.25) is 0 Å². The van der Waals surface area contributed by atoms with Gasteiger partial charge in [0, 0.05) is 12.0 Å². The maximum atomic E-state index is 13.3. The SMILES string of the molecule is CCS(=O)(=O)c1ccc([C@H](CC#N)NC(=O)c2ccc(N3C[C@H](Oc4ccc(C(F)(F)F)cc4)C[C@H]3COC(F)F)c(OC)c2)cc1. The molecule has 1 fully saturated rings. The number of halogens is 5. The topological polar surface area (TPSA) is 118 Å². The molecule has 1 heterocycles. The van der Waals surface area contributed by atoms with E-state index < -0.39 is 52.3 Å². The molecule has 0 saturated carbocycles. The van der Waals surface area contributed by atoms with Crippen LogP contribution >= 0.6 is 0 Å². The van der Waals surface area contributed by atoms with Gasteiger partial charge in [-0.2, -0.15) is 27.2 Å². The van der Waals surface area contributed by atoms with E-state index in [4.69, 9.17) is 9.47 Å². The molecule has 0 spiro atoms. The third-order valence-corrected chi connectivity index (χ3v) is 9.40. The van der Waals surface area contributed by atoms with E-state index in [2.05, 4.69) is 10.1 Å². The van der Waals surface area contributed by atoms with Crippen molar-refractivity contribution in [3.63, 3.8) is 0 Å². The van der Waals surface area contributed by atoms with E-state index in [9.17, 15) is 40.4 Å². The molecule has 0 radical (unpaired) electrons. The normalized spacial score (nSPS) is 17.3. The predicted octanol–water partition coefficient (Wildman–Crippen LogP) is 6.16. The Morgan fingerprint density at radius 3 is 2.34 bits per heavy atom. The minimum Gasteiger partial charge on any atom is -0.495 e. The van der Waals surface area contributed by atoms with Crippen molar-refractivity contribution in [3.05, 3.63) is 83.4 Å². The van der Waals surface area contributed by atoms with Gasteiger partial charge in [0.1, 0.15) is 17.6 Å². The summed E-state index contributed by atoms with van der Waals surface area (Å²) in [6, 6.07) is 15.2. The number of hydrogen-bond acceptors (Lipinski definition) is 8. The third kappa shape index (κ3) is 8.89. The molecule has 4 rings (SSSR count). The van der Waals surface area contributed by atoms with Crippen molar-refractivity contribution in [2.75, 3.05) is 30.9 Å².